The van der Waals surface area contributed by atoms with Crippen LogP contribution in [0.25, 0.3) is 0 Å². The summed E-state index contributed by atoms with van der Waals surface area (Å²) in [5.41, 5.74) is 2.46. The highest BCUT2D eigenvalue weighted by Crippen LogP contribution is 2.59. The average molecular weight is 631 g/mol. The van der Waals surface area contributed by atoms with Crippen molar-refractivity contribution < 1.29 is 23.5 Å². The lowest BCUT2D eigenvalue weighted by Crippen LogP contribution is -2.15. The van der Waals surface area contributed by atoms with Crippen LogP contribution in [-0.2, 0) is 19.8 Å². The van der Waals surface area contributed by atoms with Crippen molar-refractivity contribution in [1.82, 2.24) is 0 Å². The van der Waals surface area contributed by atoms with E-state index in [-0.39, 0.29) is 23.9 Å². The topological polar surface area (TPSA) is 65.0 Å². The second kappa shape index (κ2) is 10.7. The van der Waals surface area contributed by atoms with E-state index in [1.807, 2.05) is 50.2 Å². The molecule has 5 nitrogen and oxygen atoms in total. The molecule has 2 atom stereocenters. The summed E-state index contributed by atoms with van der Waals surface area (Å²) in [5, 5.41) is 10.7. The van der Waals surface area contributed by atoms with Crippen molar-refractivity contribution in [3.8, 4) is 17.2 Å². The van der Waals surface area contributed by atoms with Crippen LogP contribution in [0, 0.1) is 0 Å². The predicted molar refractivity (Wildman–Crippen MR) is 141 cm³/mol. The van der Waals surface area contributed by atoms with Gasteiger partial charge in [-0.3, -0.25) is 4.57 Å². The number of phenolic OH excluding ortho intramolecular Hbond substituents is 1. The Bertz CT molecular complexity index is 1230. The smallest absolute Gasteiger partial charge is 0.335 e. The fourth-order valence-corrected chi connectivity index (χ4v) is 7.29. The van der Waals surface area contributed by atoms with Crippen LogP contribution in [0.5, 0.6) is 17.2 Å². The molecule has 180 valence electrons. The minimum atomic E-state index is -3.37. The Hall–Kier alpha value is -1.34. The minimum Gasteiger partial charge on any atom is -0.508 e. The van der Waals surface area contributed by atoms with Gasteiger partial charge < -0.3 is 18.9 Å². The van der Waals surface area contributed by atoms with Crippen molar-refractivity contribution in [3.63, 3.8) is 0 Å². The Labute approximate surface area is 221 Å². The first-order chi connectivity index (χ1) is 16.1. The van der Waals surface area contributed by atoms with Crippen LogP contribution in [0.15, 0.2) is 63.5 Å². The summed E-state index contributed by atoms with van der Waals surface area (Å²) in [5.74, 6) is 1.57. The largest absolute Gasteiger partial charge is 0.508 e. The highest BCUT2D eigenvalue weighted by atomic mass is 79.9. The summed E-state index contributed by atoms with van der Waals surface area (Å²) in [6.45, 7) is 4.36. The van der Waals surface area contributed by atoms with Crippen LogP contribution in [0.2, 0.25) is 5.02 Å². The van der Waals surface area contributed by atoms with Crippen LogP contribution in [-0.4, -0.2) is 11.7 Å². The van der Waals surface area contributed by atoms with Gasteiger partial charge in [-0.15, -0.1) is 0 Å². The molecule has 1 fully saturated rings. The van der Waals surface area contributed by atoms with Crippen molar-refractivity contribution in [1.29, 1.82) is 0 Å². The predicted octanol–water partition coefficient (Wildman–Crippen LogP) is 9.36. The van der Waals surface area contributed by atoms with Gasteiger partial charge in [0, 0.05) is 17.0 Å². The SMILES string of the molecule is CC(C)c1cc(Oc2c(Br)cc(C[P@@]3(=O)OCC[C@@H](c4cccc(Cl)c4)O3)cc2Br)ccc1O. The normalized spacial score (nSPS) is 20.5. The average Bonchev–Trinajstić information content (AvgIpc) is 2.77. The van der Waals surface area contributed by atoms with Gasteiger partial charge >= 0.3 is 7.60 Å². The minimum absolute atomic E-state index is 0.123. The fraction of sp³-hybridized carbons (Fsp3) is 0.280. The third-order valence-electron chi connectivity index (χ3n) is 5.45. The van der Waals surface area contributed by atoms with E-state index >= 15 is 0 Å². The zero-order valence-corrected chi connectivity index (χ0v) is 23.5. The molecule has 1 heterocycles. The van der Waals surface area contributed by atoms with Crippen LogP contribution in [0.1, 0.15) is 49.0 Å². The molecule has 0 radical (unpaired) electrons. The quantitative estimate of drug-likeness (QED) is 0.275. The van der Waals surface area contributed by atoms with E-state index < -0.39 is 7.60 Å². The first-order valence-corrected chi connectivity index (χ1v) is 14.5. The highest BCUT2D eigenvalue weighted by Gasteiger charge is 2.35. The van der Waals surface area contributed by atoms with Gasteiger partial charge in [0.1, 0.15) is 11.5 Å². The summed E-state index contributed by atoms with van der Waals surface area (Å²) < 4.78 is 32.5. The van der Waals surface area contributed by atoms with Gasteiger partial charge in [-0.25, -0.2) is 0 Å². The van der Waals surface area contributed by atoms with Crippen molar-refractivity contribution >= 4 is 51.1 Å². The third kappa shape index (κ3) is 6.07. The van der Waals surface area contributed by atoms with E-state index in [2.05, 4.69) is 31.9 Å². The molecule has 0 amide bonds. The first kappa shape index (κ1) is 25.7. The zero-order chi connectivity index (χ0) is 24.5. The summed E-state index contributed by atoms with van der Waals surface area (Å²) in [6.07, 6.45) is 0.394. The van der Waals surface area contributed by atoms with E-state index in [0.717, 1.165) is 16.7 Å². The van der Waals surface area contributed by atoms with Crippen molar-refractivity contribution in [2.45, 2.75) is 38.5 Å². The third-order valence-corrected chi connectivity index (χ3v) is 8.77. The summed E-state index contributed by atoms with van der Waals surface area (Å²) in [7, 11) is -3.37. The second-order valence-corrected chi connectivity index (χ2v) is 12.6. The molecule has 3 aromatic rings. The maximum absolute atomic E-state index is 13.4. The second-order valence-electron chi connectivity index (χ2n) is 8.41. The summed E-state index contributed by atoms with van der Waals surface area (Å²) in [6, 6.07) is 16.3. The van der Waals surface area contributed by atoms with Crippen LogP contribution < -0.4 is 4.74 Å². The number of aromatic hydroxyl groups is 1. The van der Waals surface area contributed by atoms with E-state index in [1.165, 1.54) is 0 Å². The number of ether oxygens (including phenoxy) is 1. The maximum Gasteiger partial charge on any atom is 0.335 e. The standard InChI is InChI=1S/C25H24Br2ClO5P/c1-15(2)20-13-19(6-7-23(20)29)32-25-21(26)10-16(11-22(25)27)14-34(30)31-9-8-24(33-34)17-4-3-5-18(28)12-17/h3-7,10-13,15,24,29H,8-9,14H2,1-2H3/t24-,34+/m0/s1. The van der Waals surface area contributed by atoms with Gasteiger partial charge in [0.05, 0.1) is 27.8 Å². The van der Waals surface area contributed by atoms with E-state index in [9.17, 15) is 9.67 Å². The molecule has 1 saturated heterocycles. The van der Waals surface area contributed by atoms with Crippen molar-refractivity contribution in [2.75, 3.05) is 6.61 Å². The Morgan fingerprint density at radius 3 is 2.56 bits per heavy atom. The van der Waals surface area contributed by atoms with Crippen LogP contribution in [0.3, 0.4) is 0 Å². The molecule has 3 aromatic carbocycles. The molecular weight excluding hydrogens is 607 g/mol. The molecule has 4 rings (SSSR count). The molecule has 1 aliphatic rings. The van der Waals surface area contributed by atoms with Crippen LogP contribution >= 0.6 is 51.1 Å². The van der Waals surface area contributed by atoms with E-state index in [4.69, 9.17) is 25.4 Å². The number of hydrogen-bond acceptors (Lipinski definition) is 5. The number of rotatable bonds is 6. The lowest BCUT2D eigenvalue weighted by molar-refractivity contribution is 0.0806. The molecule has 0 spiro atoms. The molecule has 0 aromatic heterocycles. The number of halogens is 3. The van der Waals surface area contributed by atoms with Gasteiger partial charge in [-0.2, -0.15) is 0 Å². The van der Waals surface area contributed by atoms with Crippen molar-refractivity contribution in [3.05, 3.63) is 85.3 Å². The number of phenols is 1. The molecule has 1 aliphatic heterocycles. The molecule has 0 aliphatic carbocycles. The Morgan fingerprint density at radius 1 is 1.15 bits per heavy atom. The fourth-order valence-electron chi connectivity index (χ4n) is 3.79. The van der Waals surface area contributed by atoms with Gasteiger partial charge in [0.25, 0.3) is 0 Å². The molecule has 0 unspecified atom stereocenters. The van der Waals surface area contributed by atoms with Gasteiger partial charge in [-0.05, 0) is 91.4 Å². The molecule has 0 bridgehead atoms. The van der Waals surface area contributed by atoms with E-state index in [1.54, 1.807) is 18.2 Å². The Kier molecular flexibility index (Phi) is 8.13. The summed E-state index contributed by atoms with van der Waals surface area (Å²) in [4.78, 5) is 0. The molecular formula is C25H24Br2ClO5P. The number of benzene rings is 3. The van der Waals surface area contributed by atoms with Crippen LogP contribution in [0.4, 0.5) is 0 Å². The van der Waals surface area contributed by atoms with Gasteiger partial charge in [0.2, 0.25) is 0 Å². The van der Waals surface area contributed by atoms with E-state index in [0.29, 0.717) is 38.5 Å². The molecule has 0 saturated carbocycles. The monoisotopic (exact) mass is 628 g/mol. The van der Waals surface area contributed by atoms with Crippen molar-refractivity contribution in [2.24, 2.45) is 0 Å². The lowest BCUT2D eigenvalue weighted by atomic mass is 10.0. The molecule has 1 N–H and O–H groups in total. The summed E-state index contributed by atoms with van der Waals surface area (Å²) >= 11 is 13.2. The number of hydrogen-bond donors (Lipinski definition) is 1. The highest BCUT2D eigenvalue weighted by molar-refractivity contribution is 9.11. The Balaban J connectivity index is 1.53. The molecule has 9 heteroatoms. The Morgan fingerprint density at radius 2 is 1.88 bits per heavy atom. The van der Waals surface area contributed by atoms with Gasteiger partial charge in [-0.1, -0.05) is 37.6 Å². The maximum atomic E-state index is 13.4. The lowest BCUT2D eigenvalue weighted by Gasteiger charge is -2.30. The first-order valence-electron chi connectivity index (χ1n) is 10.8. The zero-order valence-electron chi connectivity index (χ0n) is 18.6. The van der Waals surface area contributed by atoms with Gasteiger partial charge in [0.15, 0.2) is 5.75 Å². The molecule has 34 heavy (non-hydrogen) atoms.